The number of hydrogen-bond donors (Lipinski definition) is 2. The van der Waals surface area contributed by atoms with Gasteiger partial charge in [-0.25, -0.2) is 9.37 Å². The number of benzene rings is 2. The van der Waals surface area contributed by atoms with Crippen molar-refractivity contribution in [2.24, 2.45) is 0 Å². The maximum absolute atomic E-state index is 13.6. The van der Waals surface area contributed by atoms with Gasteiger partial charge in [-0.1, -0.05) is 30.0 Å². The molecule has 3 rings (SSSR count). The van der Waals surface area contributed by atoms with Crippen LogP contribution in [0.25, 0.3) is 10.9 Å². The number of halogens is 1. The Hall–Kier alpha value is -2.67. The zero-order valence-electron chi connectivity index (χ0n) is 13.7. The summed E-state index contributed by atoms with van der Waals surface area (Å²) in [5.74, 6) is -0.678. The molecule has 0 spiro atoms. The number of nitrogens with zero attached hydrogens (tertiary/aromatic N) is 1. The van der Waals surface area contributed by atoms with E-state index in [1.54, 1.807) is 50.2 Å². The van der Waals surface area contributed by atoms with E-state index in [1.165, 1.54) is 6.07 Å². The number of aryl methyl sites for hydroxylation is 1. The topological polar surface area (TPSA) is 74.8 Å². The minimum Gasteiger partial charge on any atom is -0.325 e. The Balaban J connectivity index is 1.75. The highest BCUT2D eigenvalue weighted by molar-refractivity contribution is 8.00. The molecule has 2 N–H and O–H groups in total. The van der Waals surface area contributed by atoms with Gasteiger partial charge < -0.3 is 10.3 Å². The number of anilines is 1. The van der Waals surface area contributed by atoms with E-state index in [4.69, 9.17) is 0 Å². The molecule has 3 aromatic rings. The van der Waals surface area contributed by atoms with Gasteiger partial charge in [0.1, 0.15) is 5.82 Å². The van der Waals surface area contributed by atoms with Crippen LogP contribution in [0, 0.1) is 12.7 Å². The lowest BCUT2D eigenvalue weighted by molar-refractivity contribution is -0.115. The van der Waals surface area contributed by atoms with Crippen molar-refractivity contribution in [2.75, 3.05) is 5.32 Å². The summed E-state index contributed by atoms with van der Waals surface area (Å²) in [6, 6.07) is 11.5. The van der Waals surface area contributed by atoms with Gasteiger partial charge in [-0.15, -0.1) is 0 Å². The molecule has 0 aliphatic heterocycles. The Morgan fingerprint density at radius 3 is 2.80 bits per heavy atom. The van der Waals surface area contributed by atoms with Crippen LogP contribution in [0.4, 0.5) is 10.1 Å². The Morgan fingerprint density at radius 2 is 2.04 bits per heavy atom. The molecule has 1 aromatic heterocycles. The standard InChI is InChI=1S/C18H16FN3O2S/c1-10-7-8-12(9-14(10)19)20-16(23)11(2)25-18-21-15-6-4-3-5-13(15)17(24)22-18/h3-9,11H,1-2H3,(H,20,23)(H,21,22,24)/t11-/m0/s1. The highest BCUT2D eigenvalue weighted by atomic mass is 32.2. The number of carbonyl (C=O) groups excluding carboxylic acids is 1. The number of amides is 1. The normalized spacial score (nSPS) is 12.1. The van der Waals surface area contributed by atoms with Crippen molar-refractivity contribution in [3.63, 3.8) is 0 Å². The third-order valence-electron chi connectivity index (χ3n) is 3.69. The van der Waals surface area contributed by atoms with Crippen molar-refractivity contribution >= 4 is 34.3 Å². The van der Waals surface area contributed by atoms with Crippen molar-refractivity contribution in [1.29, 1.82) is 0 Å². The predicted molar refractivity (Wildman–Crippen MR) is 97.4 cm³/mol. The van der Waals surface area contributed by atoms with Crippen LogP contribution in [0.15, 0.2) is 52.4 Å². The quantitative estimate of drug-likeness (QED) is 0.554. The number of rotatable bonds is 4. The van der Waals surface area contributed by atoms with Gasteiger partial charge in [-0.05, 0) is 43.7 Å². The molecule has 0 saturated heterocycles. The second kappa shape index (κ2) is 7.06. The van der Waals surface area contributed by atoms with Gasteiger partial charge in [-0.3, -0.25) is 9.59 Å². The SMILES string of the molecule is Cc1ccc(NC(=O)[C@H](C)Sc2nc3ccccc3c(=O)[nH]2)cc1F. The lowest BCUT2D eigenvalue weighted by Gasteiger charge is -2.12. The minimum atomic E-state index is -0.520. The van der Waals surface area contributed by atoms with E-state index in [9.17, 15) is 14.0 Å². The predicted octanol–water partition coefficient (Wildman–Crippen LogP) is 3.49. The zero-order chi connectivity index (χ0) is 18.0. The summed E-state index contributed by atoms with van der Waals surface area (Å²) < 4.78 is 13.6. The molecule has 2 aromatic carbocycles. The molecule has 5 nitrogen and oxygen atoms in total. The fourth-order valence-corrected chi connectivity index (χ4v) is 3.06. The summed E-state index contributed by atoms with van der Waals surface area (Å²) >= 11 is 1.13. The van der Waals surface area contributed by atoms with Gasteiger partial charge in [-0.2, -0.15) is 0 Å². The van der Waals surface area contributed by atoms with Crippen molar-refractivity contribution in [3.8, 4) is 0 Å². The van der Waals surface area contributed by atoms with Crippen LogP contribution >= 0.6 is 11.8 Å². The molecule has 0 bridgehead atoms. The summed E-state index contributed by atoms with van der Waals surface area (Å²) in [4.78, 5) is 31.4. The zero-order valence-corrected chi connectivity index (χ0v) is 14.5. The maximum atomic E-state index is 13.6. The highest BCUT2D eigenvalue weighted by Crippen LogP contribution is 2.22. The molecular formula is C18H16FN3O2S. The monoisotopic (exact) mass is 357 g/mol. The Morgan fingerprint density at radius 1 is 1.28 bits per heavy atom. The van der Waals surface area contributed by atoms with Crippen LogP contribution < -0.4 is 10.9 Å². The van der Waals surface area contributed by atoms with E-state index < -0.39 is 5.25 Å². The Kier molecular flexibility index (Phi) is 4.85. The van der Waals surface area contributed by atoms with Gasteiger partial charge in [0, 0.05) is 5.69 Å². The average molecular weight is 357 g/mol. The smallest absolute Gasteiger partial charge is 0.259 e. The third kappa shape index (κ3) is 3.88. The molecule has 128 valence electrons. The third-order valence-corrected chi connectivity index (χ3v) is 4.67. The van der Waals surface area contributed by atoms with Crippen LogP contribution in [0.2, 0.25) is 0 Å². The number of hydrogen-bond acceptors (Lipinski definition) is 4. The van der Waals surface area contributed by atoms with E-state index in [0.29, 0.717) is 27.3 Å². The Labute approximate surface area is 147 Å². The lowest BCUT2D eigenvalue weighted by atomic mass is 10.2. The fraction of sp³-hybridized carbons (Fsp3) is 0.167. The minimum absolute atomic E-state index is 0.249. The van der Waals surface area contributed by atoms with Crippen molar-refractivity contribution in [1.82, 2.24) is 9.97 Å². The maximum Gasteiger partial charge on any atom is 0.259 e. The molecular weight excluding hydrogens is 341 g/mol. The van der Waals surface area contributed by atoms with Gasteiger partial charge in [0.25, 0.3) is 5.56 Å². The number of nitrogens with one attached hydrogen (secondary N) is 2. The fourth-order valence-electron chi connectivity index (χ4n) is 2.26. The van der Waals surface area contributed by atoms with E-state index >= 15 is 0 Å². The van der Waals surface area contributed by atoms with E-state index in [-0.39, 0.29) is 17.3 Å². The van der Waals surface area contributed by atoms with Gasteiger partial charge in [0.05, 0.1) is 16.2 Å². The molecule has 7 heteroatoms. The van der Waals surface area contributed by atoms with E-state index in [0.717, 1.165) is 11.8 Å². The number of para-hydroxylation sites is 1. The second-order valence-electron chi connectivity index (χ2n) is 5.60. The van der Waals surface area contributed by atoms with Gasteiger partial charge >= 0.3 is 0 Å². The molecule has 1 atom stereocenters. The van der Waals surface area contributed by atoms with Crippen molar-refractivity contribution in [2.45, 2.75) is 24.3 Å². The van der Waals surface area contributed by atoms with E-state index in [1.807, 2.05) is 0 Å². The molecule has 0 fully saturated rings. The number of thioether (sulfide) groups is 1. The van der Waals surface area contributed by atoms with E-state index in [2.05, 4.69) is 15.3 Å². The molecule has 0 saturated carbocycles. The number of aromatic nitrogens is 2. The molecule has 25 heavy (non-hydrogen) atoms. The van der Waals surface area contributed by atoms with Crippen LogP contribution in [0.3, 0.4) is 0 Å². The first kappa shape index (κ1) is 17.2. The molecule has 0 radical (unpaired) electrons. The van der Waals surface area contributed by atoms with Crippen LogP contribution in [-0.4, -0.2) is 21.1 Å². The molecule has 1 amide bonds. The largest absolute Gasteiger partial charge is 0.325 e. The van der Waals surface area contributed by atoms with Crippen molar-refractivity contribution < 1.29 is 9.18 Å². The summed E-state index contributed by atoms with van der Waals surface area (Å²) in [6.45, 7) is 3.35. The number of fused-ring (bicyclic) bond motifs is 1. The first-order chi connectivity index (χ1) is 11.9. The Bertz CT molecular complexity index is 1000. The van der Waals surface area contributed by atoms with Gasteiger partial charge in [0.15, 0.2) is 5.16 Å². The first-order valence-electron chi connectivity index (χ1n) is 7.67. The number of H-pyrrole nitrogens is 1. The van der Waals surface area contributed by atoms with Crippen LogP contribution in [0.1, 0.15) is 12.5 Å². The average Bonchev–Trinajstić information content (AvgIpc) is 2.58. The van der Waals surface area contributed by atoms with Crippen molar-refractivity contribution in [3.05, 3.63) is 64.2 Å². The molecule has 0 aliphatic carbocycles. The lowest BCUT2D eigenvalue weighted by Crippen LogP contribution is -2.23. The molecule has 0 aliphatic rings. The second-order valence-corrected chi connectivity index (χ2v) is 6.93. The highest BCUT2D eigenvalue weighted by Gasteiger charge is 2.17. The van der Waals surface area contributed by atoms with Crippen LogP contribution in [0.5, 0.6) is 0 Å². The number of aromatic amines is 1. The first-order valence-corrected chi connectivity index (χ1v) is 8.55. The number of carbonyl (C=O) groups is 1. The summed E-state index contributed by atoms with van der Waals surface area (Å²) in [6.07, 6.45) is 0. The van der Waals surface area contributed by atoms with Gasteiger partial charge in [0.2, 0.25) is 5.91 Å². The molecule has 0 unspecified atom stereocenters. The van der Waals surface area contributed by atoms with Crippen LogP contribution in [-0.2, 0) is 4.79 Å². The summed E-state index contributed by atoms with van der Waals surface area (Å²) in [5.41, 5.74) is 1.22. The molecule has 1 heterocycles. The summed E-state index contributed by atoms with van der Waals surface area (Å²) in [5, 5.41) is 3.00. The summed E-state index contributed by atoms with van der Waals surface area (Å²) in [7, 11) is 0.